The molecular formula is C46H33N. The molecule has 0 N–H and O–H groups in total. The highest BCUT2D eigenvalue weighted by Crippen LogP contribution is 2.60. The summed E-state index contributed by atoms with van der Waals surface area (Å²) in [7, 11) is 0. The third-order valence-corrected chi connectivity index (χ3v) is 11.9. The molecule has 0 saturated heterocycles. The Hall–Kier alpha value is -5.40. The van der Waals surface area contributed by atoms with Gasteiger partial charge in [-0.15, -0.1) is 0 Å². The van der Waals surface area contributed by atoms with Gasteiger partial charge in [-0.1, -0.05) is 107 Å². The van der Waals surface area contributed by atoms with Crippen molar-refractivity contribution in [2.24, 2.45) is 0 Å². The first-order valence-corrected chi connectivity index (χ1v) is 16.9. The third-order valence-electron chi connectivity index (χ3n) is 11.9. The van der Waals surface area contributed by atoms with E-state index in [1.165, 1.54) is 105 Å². The number of rotatable bonds is 1. The zero-order valence-corrected chi connectivity index (χ0v) is 27.1. The fourth-order valence-electron chi connectivity index (χ4n) is 9.62. The predicted molar refractivity (Wildman–Crippen MR) is 198 cm³/mol. The summed E-state index contributed by atoms with van der Waals surface area (Å²) in [5, 5.41) is 5.44. The predicted octanol–water partition coefficient (Wildman–Crippen LogP) is 12.2. The van der Waals surface area contributed by atoms with Crippen molar-refractivity contribution in [2.75, 3.05) is 0 Å². The lowest BCUT2D eigenvalue weighted by Gasteiger charge is -2.24. The first-order chi connectivity index (χ1) is 22.8. The van der Waals surface area contributed by atoms with Crippen LogP contribution in [0.15, 0.2) is 127 Å². The molecule has 0 radical (unpaired) electrons. The minimum absolute atomic E-state index is 0.117. The number of benzene rings is 7. The quantitative estimate of drug-likeness (QED) is 0.177. The van der Waals surface area contributed by atoms with E-state index in [-0.39, 0.29) is 10.8 Å². The lowest BCUT2D eigenvalue weighted by atomic mass is 9.79. The molecule has 1 heteroatoms. The summed E-state index contributed by atoms with van der Waals surface area (Å²) in [6, 6.07) is 48.2. The zero-order chi connectivity index (χ0) is 31.4. The van der Waals surface area contributed by atoms with Crippen molar-refractivity contribution in [3.63, 3.8) is 0 Å². The van der Waals surface area contributed by atoms with E-state index >= 15 is 0 Å². The van der Waals surface area contributed by atoms with Crippen molar-refractivity contribution in [3.05, 3.63) is 150 Å². The Balaban J connectivity index is 1.20. The van der Waals surface area contributed by atoms with Crippen LogP contribution in [-0.2, 0) is 10.8 Å². The van der Waals surface area contributed by atoms with Gasteiger partial charge in [-0.3, -0.25) is 0 Å². The Kier molecular flexibility index (Phi) is 4.55. The van der Waals surface area contributed by atoms with Crippen LogP contribution in [-0.4, -0.2) is 4.57 Å². The van der Waals surface area contributed by atoms with E-state index in [0.717, 1.165) is 0 Å². The van der Waals surface area contributed by atoms with Crippen LogP contribution in [0.1, 0.15) is 49.9 Å². The first-order valence-electron chi connectivity index (χ1n) is 16.9. The number of nitrogens with zero attached hydrogens (tertiary/aromatic N) is 1. The van der Waals surface area contributed by atoms with Crippen LogP contribution in [0, 0.1) is 0 Å². The van der Waals surface area contributed by atoms with E-state index in [4.69, 9.17) is 0 Å². The molecule has 0 bridgehead atoms. The van der Waals surface area contributed by atoms with E-state index in [2.05, 4.69) is 160 Å². The Morgan fingerprint density at radius 2 is 0.957 bits per heavy atom. The van der Waals surface area contributed by atoms with Gasteiger partial charge >= 0.3 is 0 Å². The normalized spacial score (nSPS) is 15.6. The van der Waals surface area contributed by atoms with Crippen molar-refractivity contribution >= 4 is 32.6 Å². The minimum Gasteiger partial charge on any atom is -0.309 e. The van der Waals surface area contributed by atoms with Gasteiger partial charge in [-0.25, -0.2) is 0 Å². The highest BCUT2D eigenvalue weighted by molar-refractivity contribution is 6.20. The van der Waals surface area contributed by atoms with Gasteiger partial charge in [0, 0.05) is 27.3 Å². The smallest absolute Gasteiger partial charge is 0.0547 e. The third kappa shape index (κ3) is 2.97. The molecular weight excluding hydrogens is 567 g/mol. The van der Waals surface area contributed by atoms with Crippen LogP contribution in [0.3, 0.4) is 0 Å². The number of aromatic nitrogens is 1. The Morgan fingerprint density at radius 1 is 0.383 bits per heavy atom. The summed E-state index contributed by atoms with van der Waals surface area (Å²) in [5.74, 6) is 0. The van der Waals surface area contributed by atoms with E-state index < -0.39 is 0 Å². The largest absolute Gasteiger partial charge is 0.309 e. The summed E-state index contributed by atoms with van der Waals surface area (Å²) < 4.78 is 2.45. The number of hydrogen-bond acceptors (Lipinski definition) is 0. The van der Waals surface area contributed by atoms with Crippen LogP contribution in [0.2, 0.25) is 0 Å². The second-order valence-corrected chi connectivity index (χ2v) is 14.9. The molecule has 47 heavy (non-hydrogen) atoms. The molecule has 0 spiro atoms. The average molecular weight is 600 g/mol. The van der Waals surface area contributed by atoms with Crippen LogP contribution in [0.4, 0.5) is 0 Å². The van der Waals surface area contributed by atoms with E-state index in [1.54, 1.807) is 0 Å². The standard InChI is InChI=1S/C46H33N/c1-45(2)37-22-34-29-17-10-11-20-41(29)47(26-13-6-5-7-14-26)42(34)25-33(37)32-21-39-36(24-38(32)45)44-31-19-12-18-30-27-15-8-9-16-28(27)35(43(30)31)23-40(44)46(39,3)4/h5-25H,1-4H3. The Morgan fingerprint density at radius 3 is 1.79 bits per heavy atom. The first kappa shape index (κ1) is 25.8. The molecule has 11 rings (SSSR count). The van der Waals surface area contributed by atoms with Crippen LogP contribution < -0.4 is 0 Å². The van der Waals surface area contributed by atoms with Crippen molar-refractivity contribution in [3.8, 4) is 50.2 Å². The molecule has 0 unspecified atom stereocenters. The number of para-hydroxylation sites is 2. The maximum Gasteiger partial charge on any atom is 0.0547 e. The van der Waals surface area contributed by atoms with Crippen molar-refractivity contribution in [2.45, 2.75) is 38.5 Å². The molecule has 7 aromatic carbocycles. The molecule has 222 valence electrons. The van der Waals surface area contributed by atoms with Crippen LogP contribution in [0.25, 0.3) is 82.8 Å². The number of fused-ring (bicyclic) bond motifs is 13. The molecule has 1 nitrogen and oxygen atoms in total. The van der Waals surface area contributed by atoms with Crippen LogP contribution >= 0.6 is 0 Å². The second kappa shape index (κ2) is 8.30. The highest BCUT2D eigenvalue weighted by Gasteiger charge is 2.43. The molecule has 0 aliphatic heterocycles. The van der Waals surface area contributed by atoms with Crippen molar-refractivity contribution in [1.29, 1.82) is 0 Å². The topological polar surface area (TPSA) is 4.93 Å². The minimum atomic E-state index is -0.123. The summed E-state index contributed by atoms with van der Waals surface area (Å²) >= 11 is 0. The lowest BCUT2D eigenvalue weighted by molar-refractivity contribution is 0.652. The monoisotopic (exact) mass is 599 g/mol. The zero-order valence-electron chi connectivity index (χ0n) is 27.1. The van der Waals surface area contributed by atoms with Gasteiger partial charge in [0.2, 0.25) is 0 Å². The van der Waals surface area contributed by atoms with Gasteiger partial charge in [0.25, 0.3) is 0 Å². The van der Waals surface area contributed by atoms with E-state index in [9.17, 15) is 0 Å². The number of hydrogen-bond donors (Lipinski definition) is 0. The van der Waals surface area contributed by atoms with Crippen LogP contribution in [0.5, 0.6) is 0 Å². The molecule has 0 atom stereocenters. The van der Waals surface area contributed by atoms with Crippen molar-refractivity contribution in [1.82, 2.24) is 4.57 Å². The molecule has 0 saturated carbocycles. The molecule has 1 aromatic heterocycles. The summed E-state index contributed by atoms with van der Waals surface area (Å²) in [4.78, 5) is 0. The molecule has 3 aliphatic rings. The molecule has 8 aromatic rings. The Bertz CT molecular complexity index is 2720. The van der Waals surface area contributed by atoms with Gasteiger partial charge in [0.1, 0.15) is 0 Å². The maximum absolute atomic E-state index is 2.57. The van der Waals surface area contributed by atoms with E-state index in [1.807, 2.05) is 0 Å². The van der Waals surface area contributed by atoms with Crippen molar-refractivity contribution < 1.29 is 0 Å². The lowest BCUT2D eigenvalue weighted by Crippen LogP contribution is -2.17. The summed E-state index contributed by atoms with van der Waals surface area (Å²) in [5.41, 5.74) is 20.3. The van der Waals surface area contributed by atoms with Gasteiger partial charge in [0.05, 0.1) is 11.0 Å². The van der Waals surface area contributed by atoms with Gasteiger partial charge in [-0.2, -0.15) is 0 Å². The molecule has 1 heterocycles. The Labute approximate surface area is 274 Å². The molecule has 3 aliphatic carbocycles. The van der Waals surface area contributed by atoms with E-state index in [0.29, 0.717) is 0 Å². The fraction of sp³-hybridized carbons (Fsp3) is 0.130. The maximum atomic E-state index is 2.57. The molecule has 0 fully saturated rings. The van der Waals surface area contributed by atoms with Gasteiger partial charge < -0.3 is 4.57 Å². The average Bonchev–Trinajstić information content (AvgIpc) is 3.74. The fourth-order valence-corrected chi connectivity index (χ4v) is 9.62. The SMILES string of the molecule is CC1(C)c2cc3c(cc2-c2cc4c(cc21)c1ccccc1n4-c1ccccc1)C(C)(C)c1cc2c4c(cccc4c1-3)-c1ccccc1-2. The van der Waals surface area contributed by atoms with Gasteiger partial charge in [-0.05, 0) is 126 Å². The highest BCUT2D eigenvalue weighted by atomic mass is 15.0. The van der Waals surface area contributed by atoms with Gasteiger partial charge in [0.15, 0.2) is 0 Å². The molecule has 0 amide bonds. The summed E-state index contributed by atoms with van der Waals surface area (Å²) in [6.07, 6.45) is 0. The summed E-state index contributed by atoms with van der Waals surface area (Å²) in [6.45, 7) is 9.73. The second-order valence-electron chi connectivity index (χ2n) is 14.9.